The molecule has 0 heterocycles. The quantitative estimate of drug-likeness (QED) is 0.923. The molecule has 5 heteroatoms. The topological polar surface area (TPSA) is 41.6 Å². The number of rotatable bonds is 5. The third-order valence-corrected chi connectivity index (χ3v) is 3.31. The maximum absolute atomic E-state index is 13.3. The molecule has 2 rings (SSSR count). The fourth-order valence-corrected chi connectivity index (χ4v) is 2.05. The Morgan fingerprint density at radius 3 is 2.45 bits per heavy atom. The van der Waals surface area contributed by atoms with Crippen LogP contribution in [0.1, 0.15) is 15.9 Å². The van der Waals surface area contributed by atoms with Crippen molar-refractivity contribution in [3.8, 4) is 5.75 Å². The number of benzene rings is 2. The fraction of sp³-hybridized carbons (Fsp3) is 0.235. The highest BCUT2D eigenvalue weighted by Gasteiger charge is 2.13. The van der Waals surface area contributed by atoms with Gasteiger partial charge in [0.05, 0.1) is 12.7 Å². The van der Waals surface area contributed by atoms with Gasteiger partial charge < -0.3 is 15.0 Å². The first-order valence-electron chi connectivity index (χ1n) is 6.89. The molecule has 0 radical (unpaired) electrons. The van der Waals surface area contributed by atoms with E-state index in [4.69, 9.17) is 4.74 Å². The van der Waals surface area contributed by atoms with E-state index >= 15 is 0 Å². The molecule has 0 atom stereocenters. The van der Waals surface area contributed by atoms with E-state index in [1.165, 1.54) is 25.3 Å². The molecule has 0 fully saturated rings. The molecule has 0 aromatic heterocycles. The number of ether oxygens (including phenoxy) is 1. The lowest BCUT2D eigenvalue weighted by Gasteiger charge is -2.13. The standard InChI is InChI=1S/C17H19FN2O2/c1-20(2)14-7-4-12(5-8-14)11-19-17(21)15-10-13(18)6-9-16(15)22-3/h4-10H,11H2,1-3H3,(H,19,21). The SMILES string of the molecule is COc1ccc(F)cc1C(=O)NCc1ccc(N(C)C)cc1. The Bertz CT molecular complexity index is 654. The Morgan fingerprint density at radius 2 is 1.86 bits per heavy atom. The van der Waals surface area contributed by atoms with Crippen molar-refractivity contribution < 1.29 is 13.9 Å². The Hall–Kier alpha value is -2.56. The molecule has 0 aliphatic carbocycles. The normalized spacial score (nSPS) is 10.2. The lowest BCUT2D eigenvalue weighted by Crippen LogP contribution is -2.23. The van der Waals surface area contributed by atoms with Crippen molar-refractivity contribution >= 4 is 11.6 Å². The Morgan fingerprint density at radius 1 is 1.18 bits per heavy atom. The van der Waals surface area contributed by atoms with E-state index in [2.05, 4.69) is 5.32 Å². The van der Waals surface area contributed by atoms with Crippen LogP contribution in [0.15, 0.2) is 42.5 Å². The van der Waals surface area contributed by atoms with Crippen LogP contribution in [0.3, 0.4) is 0 Å². The van der Waals surface area contributed by atoms with E-state index in [0.717, 1.165) is 11.3 Å². The number of carbonyl (C=O) groups is 1. The average Bonchev–Trinajstić information content (AvgIpc) is 2.53. The van der Waals surface area contributed by atoms with Gasteiger partial charge in [0.15, 0.2) is 0 Å². The largest absolute Gasteiger partial charge is 0.496 e. The summed E-state index contributed by atoms with van der Waals surface area (Å²) in [6, 6.07) is 11.7. The summed E-state index contributed by atoms with van der Waals surface area (Å²) in [6.07, 6.45) is 0. The summed E-state index contributed by atoms with van der Waals surface area (Å²) >= 11 is 0. The summed E-state index contributed by atoms with van der Waals surface area (Å²) in [7, 11) is 5.38. The van der Waals surface area contributed by atoms with Crippen LogP contribution < -0.4 is 15.0 Å². The number of nitrogens with zero attached hydrogens (tertiary/aromatic N) is 1. The molecule has 2 aromatic rings. The third kappa shape index (κ3) is 3.75. The van der Waals surface area contributed by atoms with Gasteiger partial charge in [-0.1, -0.05) is 12.1 Å². The smallest absolute Gasteiger partial charge is 0.255 e. The van der Waals surface area contributed by atoms with E-state index in [9.17, 15) is 9.18 Å². The Balaban J connectivity index is 2.05. The lowest BCUT2D eigenvalue weighted by molar-refractivity contribution is 0.0947. The summed E-state index contributed by atoms with van der Waals surface area (Å²) in [5.74, 6) is -0.490. The minimum atomic E-state index is -0.471. The molecule has 0 saturated heterocycles. The van der Waals surface area contributed by atoms with Crippen LogP contribution in [-0.2, 0) is 6.54 Å². The number of halogens is 1. The van der Waals surface area contributed by atoms with Crippen LogP contribution in [0.5, 0.6) is 5.75 Å². The molecule has 0 saturated carbocycles. The van der Waals surface area contributed by atoms with E-state index < -0.39 is 5.82 Å². The van der Waals surface area contributed by atoms with Gasteiger partial charge in [0.2, 0.25) is 0 Å². The van der Waals surface area contributed by atoms with Gasteiger partial charge in [-0.2, -0.15) is 0 Å². The highest BCUT2D eigenvalue weighted by atomic mass is 19.1. The zero-order valence-corrected chi connectivity index (χ0v) is 12.9. The van der Waals surface area contributed by atoms with Crippen LogP contribution in [0.25, 0.3) is 0 Å². The van der Waals surface area contributed by atoms with E-state index in [1.807, 2.05) is 43.3 Å². The van der Waals surface area contributed by atoms with Crippen LogP contribution in [0.2, 0.25) is 0 Å². The first-order valence-corrected chi connectivity index (χ1v) is 6.89. The second-order valence-electron chi connectivity index (χ2n) is 5.09. The van der Waals surface area contributed by atoms with Gasteiger partial charge in [0.1, 0.15) is 11.6 Å². The molecule has 0 aliphatic rings. The van der Waals surface area contributed by atoms with Gasteiger partial charge in [-0.15, -0.1) is 0 Å². The number of nitrogens with one attached hydrogen (secondary N) is 1. The molecule has 4 nitrogen and oxygen atoms in total. The minimum Gasteiger partial charge on any atom is -0.496 e. The number of hydrogen-bond donors (Lipinski definition) is 1. The zero-order valence-electron chi connectivity index (χ0n) is 12.9. The molecule has 22 heavy (non-hydrogen) atoms. The van der Waals surface area contributed by atoms with Crippen molar-refractivity contribution in [1.82, 2.24) is 5.32 Å². The summed E-state index contributed by atoms with van der Waals surface area (Å²) in [5.41, 5.74) is 2.24. The van der Waals surface area contributed by atoms with Gasteiger partial charge in [-0.25, -0.2) is 4.39 Å². The molecule has 1 N–H and O–H groups in total. The van der Waals surface area contributed by atoms with Gasteiger partial charge in [0.25, 0.3) is 5.91 Å². The number of carbonyl (C=O) groups excluding carboxylic acids is 1. The van der Waals surface area contributed by atoms with E-state index in [1.54, 1.807) is 0 Å². The first-order chi connectivity index (χ1) is 10.5. The van der Waals surface area contributed by atoms with Crippen molar-refractivity contribution in [3.63, 3.8) is 0 Å². The average molecular weight is 302 g/mol. The highest BCUT2D eigenvalue weighted by molar-refractivity contribution is 5.96. The molecule has 2 aromatic carbocycles. The lowest BCUT2D eigenvalue weighted by atomic mass is 10.1. The Labute approximate surface area is 129 Å². The van der Waals surface area contributed by atoms with E-state index in [-0.39, 0.29) is 11.5 Å². The fourth-order valence-electron chi connectivity index (χ4n) is 2.05. The van der Waals surface area contributed by atoms with Crippen LogP contribution in [-0.4, -0.2) is 27.1 Å². The predicted octanol–water partition coefficient (Wildman–Crippen LogP) is 2.83. The van der Waals surface area contributed by atoms with Gasteiger partial charge in [0, 0.05) is 26.3 Å². The highest BCUT2D eigenvalue weighted by Crippen LogP contribution is 2.19. The van der Waals surface area contributed by atoms with Crippen molar-refractivity contribution in [2.75, 3.05) is 26.1 Å². The summed E-state index contributed by atoms with van der Waals surface area (Å²) < 4.78 is 18.4. The predicted molar refractivity (Wildman–Crippen MR) is 84.9 cm³/mol. The second-order valence-corrected chi connectivity index (χ2v) is 5.09. The third-order valence-electron chi connectivity index (χ3n) is 3.31. The zero-order chi connectivity index (χ0) is 16.1. The molecule has 116 valence electrons. The van der Waals surface area contributed by atoms with Crippen molar-refractivity contribution in [2.24, 2.45) is 0 Å². The first kappa shape index (κ1) is 15.8. The number of anilines is 1. The summed E-state index contributed by atoms with van der Waals surface area (Å²) in [4.78, 5) is 14.2. The summed E-state index contributed by atoms with van der Waals surface area (Å²) in [6.45, 7) is 0.367. The number of hydrogen-bond acceptors (Lipinski definition) is 3. The molecule has 0 spiro atoms. The Kier molecular flexibility index (Phi) is 4.99. The monoisotopic (exact) mass is 302 g/mol. The molecule has 0 bridgehead atoms. The molecule has 0 unspecified atom stereocenters. The van der Waals surface area contributed by atoms with Crippen LogP contribution in [0, 0.1) is 5.82 Å². The number of amides is 1. The maximum Gasteiger partial charge on any atom is 0.255 e. The minimum absolute atomic E-state index is 0.187. The van der Waals surface area contributed by atoms with Crippen LogP contribution >= 0.6 is 0 Å². The molecule has 0 aliphatic heterocycles. The van der Waals surface area contributed by atoms with Gasteiger partial charge >= 0.3 is 0 Å². The van der Waals surface area contributed by atoms with Gasteiger partial charge in [-0.3, -0.25) is 4.79 Å². The second kappa shape index (κ2) is 6.93. The van der Waals surface area contributed by atoms with E-state index in [0.29, 0.717) is 12.3 Å². The van der Waals surface area contributed by atoms with Gasteiger partial charge in [-0.05, 0) is 35.9 Å². The van der Waals surface area contributed by atoms with Crippen molar-refractivity contribution in [1.29, 1.82) is 0 Å². The maximum atomic E-state index is 13.3. The number of methoxy groups -OCH3 is 1. The van der Waals surface area contributed by atoms with Crippen molar-refractivity contribution in [2.45, 2.75) is 6.54 Å². The molecule has 1 amide bonds. The molecular weight excluding hydrogens is 283 g/mol. The summed E-state index contributed by atoms with van der Waals surface area (Å²) in [5, 5.41) is 2.77. The van der Waals surface area contributed by atoms with Crippen molar-refractivity contribution in [3.05, 3.63) is 59.4 Å². The van der Waals surface area contributed by atoms with Crippen LogP contribution in [0.4, 0.5) is 10.1 Å². The molecular formula is C17H19FN2O2.